The molecule has 0 atom stereocenters. The van der Waals surface area contributed by atoms with Crippen LogP contribution in [0, 0.1) is 11.6 Å². The largest absolute Gasteiger partial charge is 0.240 e. The Hall–Kier alpha value is -1.84. The lowest BCUT2D eigenvalue weighted by Gasteiger charge is -2.19. The van der Waals surface area contributed by atoms with Crippen molar-refractivity contribution in [1.82, 2.24) is 0 Å². The molecule has 0 spiro atoms. The monoisotopic (exact) mass is 461 g/mol. The van der Waals surface area contributed by atoms with E-state index in [0.717, 1.165) is 17.4 Å². The highest BCUT2D eigenvalue weighted by molar-refractivity contribution is 7.90. The van der Waals surface area contributed by atoms with Crippen molar-refractivity contribution in [2.45, 2.75) is 62.2 Å². The quantitative estimate of drug-likeness (QED) is 0.722. The highest BCUT2D eigenvalue weighted by Crippen LogP contribution is 2.26. The van der Waals surface area contributed by atoms with E-state index in [1.807, 2.05) is 41.5 Å². The maximum absolute atomic E-state index is 13.5. The Balaban J connectivity index is 0.000000300. The summed E-state index contributed by atoms with van der Waals surface area (Å²) in [5.74, 6) is -1.48. The Morgan fingerprint density at radius 2 is 1.03 bits per heavy atom. The normalized spacial score (nSPS) is 12.9. The van der Waals surface area contributed by atoms with Crippen LogP contribution in [0.3, 0.4) is 0 Å². The molecular formula is C21H29F2NO4S2. The van der Waals surface area contributed by atoms with E-state index < -0.39 is 36.4 Å². The van der Waals surface area contributed by atoms with Gasteiger partial charge in [0.05, 0.1) is 0 Å². The van der Waals surface area contributed by atoms with E-state index >= 15 is 0 Å². The minimum absolute atomic E-state index is 0.184. The number of primary sulfonamides is 1. The van der Waals surface area contributed by atoms with Gasteiger partial charge in [-0.25, -0.2) is 30.8 Å². The molecule has 9 heteroatoms. The molecule has 0 aliphatic carbocycles. The van der Waals surface area contributed by atoms with Gasteiger partial charge >= 0.3 is 0 Å². The molecule has 0 saturated carbocycles. The lowest BCUT2D eigenvalue weighted by Crippen LogP contribution is -2.16. The van der Waals surface area contributed by atoms with Crippen LogP contribution < -0.4 is 5.14 Å². The SMILES string of the molecule is CC(C)(C)c1ccc(S(C)(=O)=O)c(F)c1.CC(C)(C)c1ccc(S(N)(=O)=O)c(F)c1. The van der Waals surface area contributed by atoms with Crippen LogP contribution in [0.2, 0.25) is 0 Å². The van der Waals surface area contributed by atoms with Crippen LogP contribution in [0.1, 0.15) is 52.7 Å². The molecule has 0 radical (unpaired) electrons. The van der Waals surface area contributed by atoms with Crippen molar-refractivity contribution in [3.63, 3.8) is 0 Å². The summed E-state index contributed by atoms with van der Waals surface area (Å²) in [4.78, 5) is -0.703. The van der Waals surface area contributed by atoms with Crippen LogP contribution in [0.4, 0.5) is 8.78 Å². The Kier molecular flexibility index (Phi) is 7.62. The summed E-state index contributed by atoms with van der Waals surface area (Å²) in [5, 5.41) is 4.85. The second-order valence-electron chi connectivity index (χ2n) is 9.11. The first kappa shape index (κ1) is 26.2. The minimum atomic E-state index is -3.97. The fourth-order valence-corrected chi connectivity index (χ4v) is 3.78. The molecule has 0 heterocycles. The fraction of sp³-hybridized carbons (Fsp3) is 0.429. The molecule has 2 rings (SSSR count). The smallest absolute Gasteiger partial charge is 0.225 e. The fourth-order valence-electron chi connectivity index (χ4n) is 2.47. The molecule has 30 heavy (non-hydrogen) atoms. The highest BCUT2D eigenvalue weighted by atomic mass is 32.2. The maximum atomic E-state index is 13.5. The number of nitrogens with two attached hydrogens (primary N) is 1. The van der Waals surface area contributed by atoms with Crippen molar-refractivity contribution < 1.29 is 25.6 Å². The molecule has 0 aromatic heterocycles. The highest BCUT2D eigenvalue weighted by Gasteiger charge is 2.20. The summed E-state index contributed by atoms with van der Waals surface area (Å²) in [6, 6.07) is 8.24. The van der Waals surface area contributed by atoms with Gasteiger partial charge in [0.25, 0.3) is 0 Å². The first-order valence-electron chi connectivity index (χ1n) is 9.07. The van der Waals surface area contributed by atoms with Crippen LogP contribution in [0.5, 0.6) is 0 Å². The van der Waals surface area contributed by atoms with Crippen LogP contribution >= 0.6 is 0 Å². The molecule has 2 aromatic rings. The van der Waals surface area contributed by atoms with E-state index in [0.29, 0.717) is 0 Å². The Morgan fingerprint density at radius 3 is 1.27 bits per heavy atom. The lowest BCUT2D eigenvalue weighted by molar-refractivity contribution is 0.549. The van der Waals surface area contributed by atoms with E-state index in [1.54, 1.807) is 12.1 Å². The Bertz CT molecular complexity index is 1040. The summed E-state index contributed by atoms with van der Waals surface area (Å²) in [7, 11) is -7.44. The van der Waals surface area contributed by atoms with Crippen molar-refractivity contribution in [3.8, 4) is 0 Å². The van der Waals surface area contributed by atoms with Gasteiger partial charge in [0.2, 0.25) is 10.0 Å². The number of hydrogen-bond donors (Lipinski definition) is 1. The molecule has 2 N–H and O–H groups in total. The summed E-state index contributed by atoms with van der Waals surface area (Å²) in [6.45, 7) is 11.6. The van der Waals surface area contributed by atoms with Crippen molar-refractivity contribution >= 4 is 19.9 Å². The molecule has 0 unspecified atom stereocenters. The molecule has 168 valence electrons. The molecule has 0 bridgehead atoms. The zero-order valence-corrected chi connectivity index (χ0v) is 19.9. The zero-order valence-electron chi connectivity index (χ0n) is 18.2. The molecule has 0 aliphatic rings. The van der Waals surface area contributed by atoms with Crippen LogP contribution in [0.15, 0.2) is 46.2 Å². The first-order valence-corrected chi connectivity index (χ1v) is 12.5. The van der Waals surface area contributed by atoms with Crippen molar-refractivity contribution in [3.05, 3.63) is 59.2 Å². The van der Waals surface area contributed by atoms with Crippen LogP contribution in [-0.2, 0) is 30.7 Å². The number of rotatable bonds is 2. The summed E-state index contributed by atoms with van der Waals surface area (Å²) in [5.41, 5.74) is 1.11. The van der Waals surface area contributed by atoms with Gasteiger partial charge in [-0.05, 0) is 46.2 Å². The average molecular weight is 462 g/mol. The minimum Gasteiger partial charge on any atom is -0.225 e. The second kappa shape index (κ2) is 8.72. The number of hydrogen-bond acceptors (Lipinski definition) is 4. The van der Waals surface area contributed by atoms with Gasteiger partial charge in [-0.2, -0.15) is 0 Å². The molecule has 0 aliphatic heterocycles. The topological polar surface area (TPSA) is 94.3 Å². The predicted molar refractivity (Wildman–Crippen MR) is 115 cm³/mol. The van der Waals surface area contributed by atoms with Gasteiger partial charge in [-0.15, -0.1) is 0 Å². The third-order valence-electron chi connectivity index (χ3n) is 4.30. The van der Waals surface area contributed by atoms with Crippen molar-refractivity contribution in [2.24, 2.45) is 5.14 Å². The first-order chi connectivity index (χ1) is 13.2. The van der Waals surface area contributed by atoms with Gasteiger partial charge in [-0.3, -0.25) is 0 Å². The standard InChI is InChI=1S/C11H15FO2S.C10H14FNO2S/c1-11(2,3)8-5-6-10(9(12)7-8)15(4,13)14;1-10(2,3)7-4-5-9(8(11)6-7)15(12,13)14/h5-7H,1-4H3;4-6H,1-3H3,(H2,12,13,14). The molecular weight excluding hydrogens is 432 g/mol. The van der Waals surface area contributed by atoms with Gasteiger partial charge in [0.15, 0.2) is 9.84 Å². The van der Waals surface area contributed by atoms with E-state index in [2.05, 4.69) is 0 Å². The second-order valence-corrected chi connectivity index (χ2v) is 12.6. The number of sulfone groups is 1. The third-order valence-corrected chi connectivity index (χ3v) is 6.38. The zero-order chi connectivity index (χ0) is 23.7. The maximum Gasteiger partial charge on any atom is 0.240 e. The summed E-state index contributed by atoms with van der Waals surface area (Å²) in [6.07, 6.45) is 1.00. The summed E-state index contributed by atoms with van der Waals surface area (Å²) < 4.78 is 71.2. The van der Waals surface area contributed by atoms with Gasteiger partial charge in [0.1, 0.15) is 21.4 Å². The number of benzene rings is 2. The summed E-state index contributed by atoms with van der Waals surface area (Å²) >= 11 is 0. The van der Waals surface area contributed by atoms with Gasteiger partial charge in [-0.1, -0.05) is 53.7 Å². The van der Waals surface area contributed by atoms with Gasteiger partial charge < -0.3 is 0 Å². The molecule has 5 nitrogen and oxygen atoms in total. The van der Waals surface area contributed by atoms with Crippen LogP contribution in [0.25, 0.3) is 0 Å². The average Bonchev–Trinajstić information content (AvgIpc) is 2.51. The van der Waals surface area contributed by atoms with Crippen molar-refractivity contribution in [1.29, 1.82) is 0 Å². The predicted octanol–water partition coefficient (Wildman–Crippen LogP) is 4.30. The molecule has 0 amide bonds. The van der Waals surface area contributed by atoms with Gasteiger partial charge in [0, 0.05) is 6.26 Å². The van der Waals surface area contributed by atoms with E-state index in [4.69, 9.17) is 5.14 Å². The van der Waals surface area contributed by atoms with E-state index in [1.165, 1.54) is 24.3 Å². The Labute approximate surface area is 178 Å². The molecule has 0 saturated heterocycles. The molecule has 2 aromatic carbocycles. The van der Waals surface area contributed by atoms with Crippen LogP contribution in [-0.4, -0.2) is 23.1 Å². The third kappa shape index (κ3) is 7.14. The number of halogens is 2. The lowest BCUT2D eigenvalue weighted by atomic mass is 9.87. The van der Waals surface area contributed by atoms with E-state index in [9.17, 15) is 25.6 Å². The Morgan fingerprint density at radius 1 is 0.700 bits per heavy atom. The van der Waals surface area contributed by atoms with E-state index in [-0.39, 0.29) is 15.7 Å². The molecule has 0 fully saturated rings. The number of sulfonamides is 1. The van der Waals surface area contributed by atoms with Crippen molar-refractivity contribution in [2.75, 3.05) is 6.26 Å².